The first-order valence-corrected chi connectivity index (χ1v) is 7.88. The van der Waals surface area contributed by atoms with Crippen molar-refractivity contribution in [3.05, 3.63) is 65.1 Å². The van der Waals surface area contributed by atoms with E-state index in [9.17, 15) is 0 Å². The van der Waals surface area contributed by atoms with Gasteiger partial charge in [0.05, 0.1) is 0 Å². The molecule has 2 aromatic heterocycles. The van der Waals surface area contributed by atoms with E-state index in [4.69, 9.17) is 0 Å². The van der Waals surface area contributed by atoms with Gasteiger partial charge in [0.25, 0.3) is 0 Å². The molecule has 0 saturated heterocycles. The summed E-state index contributed by atoms with van der Waals surface area (Å²) in [6.45, 7) is 2.22. The maximum Gasteiger partial charge on any atom is 0.172 e. The van der Waals surface area contributed by atoms with E-state index >= 15 is 0 Å². The summed E-state index contributed by atoms with van der Waals surface area (Å²) in [4.78, 5) is 0. The van der Waals surface area contributed by atoms with Crippen LogP contribution in [0.25, 0.3) is 22.6 Å². The molecule has 0 spiro atoms. The van der Waals surface area contributed by atoms with Crippen LogP contribution in [0.3, 0.4) is 0 Å². The Morgan fingerprint density at radius 2 is 1.95 bits per heavy atom. The normalized spacial score (nSPS) is 15.7. The van der Waals surface area contributed by atoms with E-state index in [2.05, 4.69) is 79.0 Å². The molecular formula is C20H21N2+. The first kappa shape index (κ1) is 13.3. The number of aromatic nitrogens is 2. The van der Waals surface area contributed by atoms with Crippen LogP contribution < -0.4 is 4.57 Å². The van der Waals surface area contributed by atoms with Crippen molar-refractivity contribution >= 4 is 22.6 Å². The Morgan fingerprint density at radius 3 is 2.82 bits per heavy atom. The minimum atomic E-state index is 1.14. The molecular weight excluding hydrogens is 268 g/mol. The average Bonchev–Trinajstić information content (AvgIpc) is 3.02. The highest BCUT2D eigenvalue weighted by molar-refractivity contribution is 5.97. The van der Waals surface area contributed by atoms with Gasteiger partial charge in [-0.15, -0.1) is 0 Å². The molecule has 3 aromatic rings. The maximum absolute atomic E-state index is 2.41. The summed E-state index contributed by atoms with van der Waals surface area (Å²) >= 11 is 0. The fourth-order valence-electron chi connectivity index (χ4n) is 3.63. The number of hydrogen-bond donors (Lipinski definition) is 0. The van der Waals surface area contributed by atoms with Gasteiger partial charge in [-0.05, 0) is 43.0 Å². The van der Waals surface area contributed by atoms with Crippen molar-refractivity contribution in [1.29, 1.82) is 0 Å². The van der Waals surface area contributed by atoms with Crippen molar-refractivity contribution in [2.45, 2.75) is 19.8 Å². The lowest BCUT2D eigenvalue weighted by Gasteiger charge is -2.02. The average molecular weight is 289 g/mol. The van der Waals surface area contributed by atoms with Crippen molar-refractivity contribution in [2.75, 3.05) is 0 Å². The summed E-state index contributed by atoms with van der Waals surface area (Å²) in [5.74, 6) is 0. The molecule has 22 heavy (non-hydrogen) atoms. The van der Waals surface area contributed by atoms with E-state index in [1.165, 1.54) is 38.9 Å². The topological polar surface area (TPSA) is 8.81 Å². The number of nitrogens with zero attached hydrogens (tertiary/aromatic N) is 2. The van der Waals surface area contributed by atoms with Gasteiger partial charge < -0.3 is 4.57 Å². The second-order valence-corrected chi connectivity index (χ2v) is 6.29. The Balaban J connectivity index is 1.91. The first-order valence-electron chi connectivity index (χ1n) is 7.88. The number of fused-ring (bicyclic) bond motifs is 2. The van der Waals surface area contributed by atoms with Gasteiger partial charge in [-0.2, -0.15) is 0 Å². The Kier molecular flexibility index (Phi) is 2.93. The van der Waals surface area contributed by atoms with Crippen LogP contribution >= 0.6 is 0 Å². The third kappa shape index (κ3) is 1.91. The molecule has 0 fully saturated rings. The lowest BCUT2D eigenvalue weighted by atomic mass is 10.0. The molecule has 0 unspecified atom stereocenters. The van der Waals surface area contributed by atoms with Crippen molar-refractivity contribution in [3.63, 3.8) is 0 Å². The highest BCUT2D eigenvalue weighted by atomic mass is 14.9. The number of hydrogen-bond acceptors (Lipinski definition) is 0. The molecule has 1 aliphatic rings. The lowest BCUT2D eigenvalue weighted by molar-refractivity contribution is -0.671. The molecule has 0 N–H and O–H groups in total. The van der Waals surface area contributed by atoms with Crippen LogP contribution in [0.2, 0.25) is 0 Å². The van der Waals surface area contributed by atoms with Gasteiger partial charge in [-0.3, -0.25) is 0 Å². The largest absolute Gasteiger partial charge is 0.347 e. The van der Waals surface area contributed by atoms with E-state index < -0.39 is 0 Å². The van der Waals surface area contributed by atoms with Crippen molar-refractivity contribution in [2.24, 2.45) is 14.1 Å². The van der Waals surface area contributed by atoms with E-state index in [1.54, 1.807) is 0 Å². The summed E-state index contributed by atoms with van der Waals surface area (Å²) in [5, 5.41) is 1.35. The van der Waals surface area contributed by atoms with Gasteiger partial charge in [0.1, 0.15) is 7.05 Å². The van der Waals surface area contributed by atoms with Gasteiger partial charge in [-0.25, -0.2) is 4.57 Å². The molecule has 1 aromatic carbocycles. The number of pyridine rings is 1. The zero-order valence-corrected chi connectivity index (χ0v) is 13.4. The van der Waals surface area contributed by atoms with Gasteiger partial charge in [0, 0.05) is 40.8 Å². The predicted molar refractivity (Wildman–Crippen MR) is 91.5 cm³/mol. The van der Waals surface area contributed by atoms with Crippen LogP contribution in [0.15, 0.2) is 42.7 Å². The molecule has 4 rings (SSSR count). The Bertz CT molecular complexity index is 913. The van der Waals surface area contributed by atoms with Gasteiger partial charge in [0.15, 0.2) is 12.4 Å². The number of para-hydroxylation sites is 1. The Labute approximate surface area is 131 Å². The van der Waals surface area contributed by atoms with Crippen LogP contribution in [0.5, 0.6) is 0 Å². The molecule has 0 bridgehead atoms. The SMILES string of the molecule is Cc1c(/C=C2\CCc3c[n+](C)ccc32)c2ccccc2n1C. The molecule has 0 amide bonds. The van der Waals surface area contributed by atoms with E-state index in [0.717, 1.165) is 12.8 Å². The van der Waals surface area contributed by atoms with Gasteiger partial charge in [-0.1, -0.05) is 18.2 Å². The van der Waals surface area contributed by atoms with Crippen molar-refractivity contribution in [3.8, 4) is 0 Å². The number of rotatable bonds is 1. The Morgan fingerprint density at radius 1 is 1.14 bits per heavy atom. The molecule has 2 heteroatoms. The number of benzene rings is 1. The van der Waals surface area contributed by atoms with E-state index in [1.807, 2.05) is 0 Å². The van der Waals surface area contributed by atoms with Gasteiger partial charge in [0.2, 0.25) is 0 Å². The fraction of sp³-hybridized carbons (Fsp3) is 0.250. The van der Waals surface area contributed by atoms with Crippen LogP contribution in [0.1, 0.15) is 28.8 Å². The Hall–Kier alpha value is -2.35. The number of aryl methyl sites for hydroxylation is 3. The molecule has 0 atom stereocenters. The smallest absolute Gasteiger partial charge is 0.172 e. The van der Waals surface area contributed by atoms with Crippen LogP contribution in [-0.2, 0) is 20.5 Å². The summed E-state index contributed by atoms with van der Waals surface area (Å²) < 4.78 is 4.44. The molecule has 2 nitrogen and oxygen atoms in total. The van der Waals surface area contributed by atoms with Crippen LogP contribution in [0, 0.1) is 6.92 Å². The van der Waals surface area contributed by atoms with E-state index in [0.29, 0.717) is 0 Å². The van der Waals surface area contributed by atoms with E-state index in [-0.39, 0.29) is 0 Å². The third-order valence-corrected chi connectivity index (χ3v) is 4.96. The quantitative estimate of drug-likeness (QED) is 0.603. The van der Waals surface area contributed by atoms with Crippen LogP contribution in [0.4, 0.5) is 0 Å². The second kappa shape index (κ2) is 4.84. The zero-order chi connectivity index (χ0) is 15.3. The third-order valence-electron chi connectivity index (χ3n) is 4.96. The van der Waals surface area contributed by atoms with Crippen LogP contribution in [-0.4, -0.2) is 4.57 Å². The lowest BCUT2D eigenvalue weighted by Crippen LogP contribution is -2.27. The molecule has 110 valence electrons. The monoisotopic (exact) mass is 289 g/mol. The summed E-state index contributed by atoms with van der Waals surface area (Å²) in [7, 11) is 4.25. The zero-order valence-electron chi connectivity index (χ0n) is 13.4. The minimum absolute atomic E-state index is 1.14. The molecule has 0 aliphatic heterocycles. The second-order valence-electron chi connectivity index (χ2n) is 6.29. The maximum atomic E-state index is 2.41. The first-order chi connectivity index (χ1) is 10.6. The molecule has 0 radical (unpaired) electrons. The highest BCUT2D eigenvalue weighted by Gasteiger charge is 2.20. The summed E-state index contributed by atoms with van der Waals surface area (Å²) in [6.07, 6.45) is 9.10. The highest BCUT2D eigenvalue weighted by Crippen LogP contribution is 2.35. The molecule has 1 aliphatic carbocycles. The molecule has 2 heterocycles. The predicted octanol–water partition coefficient (Wildman–Crippen LogP) is 3.80. The van der Waals surface area contributed by atoms with Crippen molar-refractivity contribution < 1.29 is 4.57 Å². The fourth-order valence-corrected chi connectivity index (χ4v) is 3.63. The van der Waals surface area contributed by atoms with Gasteiger partial charge >= 0.3 is 0 Å². The summed E-state index contributed by atoms with van der Waals surface area (Å²) in [5.41, 5.74) is 8.37. The number of allylic oxidation sites excluding steroid dienone is 1. The minimum Gasteiger partial charge on any atom is -0.347 e. The standard InChI is InChI=1S/C20H21N2/c1-14-19(18-6-4-5-7-20(18)22(14)3)12-15-8-9-16-13-21(2)11-10-17(15)16/h4-7,10-13H,8-9H2,1-3H3/q+1. The van der Waals surface area contributed by atoms with Crippen molar-refractivity contribution in [1.82, 2.24) is 4.57 Å². The molecule has 0 saturated carbocycles. The summed E-state index contributed by atoms with van der Waals surface area (Å²) in [6, 6.07) is 10.9.